The number of hydrogen-bond acceptors (Lipinski definition) is 4. The van der Waals surface area contributed by atoms with E-state index in [0.29, 0.717) is 15.7 Å². The fourth-order valence-electron chi connectivity index (χ4n) is 2.46. The molecule has 0 aliphatic carbocycles. The normalized spacial score (nSPS) is 10.9. The predicted octanol–water partition coefficient (Wildman–Crippen LogP) is 4.52. The van der Waals surface area contributed by atoms with Crippen molar-refractivity contribution < 1.29 is 18.0 Å². The van der Waals surface area contributed by atoms with Crippen LogP contribution in [-0.2, 0) is 10.0 Å². The van der Waals surface area contributed by atoms with Gasteiger partial charge >= 0.3 is 0 Å². The van der Waals surface area contributed by atoms with E-state index >= 15 is 0 Å². The van der Waals surface area contributed by atoms with Crippen LogP contribution in [0.4, 0.5) is 5.69 Å². The van der Waals surface area contributed by atoms with E-state index in [4.69, 9.17) is 34.8 Å². The van der Waals surface area contributed by atoms with Gasteiger partial charge in [-0.25, -0.2) is 8.42 Å². The number of carbonyl (C=O) groups is 2. The van der Waals surface area contributed by atoms with Crippen LogP contribution < -0.4 is 15.6 Å². The summed E-state index contributed by atoms with van der Waals surface area (Å²) >= 11 is 17.6. The third kappa shape index (κ3) is 5.89. The maximum atomic E-state index is 12.6. The van der Waals surface area contributed by atoms with E-state index in [-0.39, 0.29) is 21.0 Å². The highest BCUT2D eigenvalue weighted by atomic mass is 35.5. The predicted molar refractivity (Wildman–Crippen MR) is 120 cm³/mol. The SMILES string of the molecule is O=C(NNC(=O)c1cc(Cl)ccc1Cl)c1cccc(S(=O)(=O)Nc2ccc(Cl)cc2)c1. The molecule has 2 amide bonds. The lowest BCUT2D eigenvalue weighted by Gasteiger charge is -2.11. The van der Waals surface area contributed by atoms with Gasteiger partial charge in [0.25, 0.3) is 21.8 Å². The Morgan fingerprint density at radius 1 is 0.742 bits per heavy atom. The Hall–Kier alpha value is -2.78. The lowest BCUT2D eigenvalue weighted by atomic mass is 10.2. The van der Waals surface area contributed by atoms with Crippen LogP contribution in [0.3, 0.4) is 0 Å². The first kappa shape index (κ1) is 22.9. The van der Waals surface area contributed by atoms with Crippen LogP contribution >= 0.6 is 34.8 Å². The molecule has 3 aromatic rings. The van der Waals surface area contributed by atoms with Crippen molar-refractivity contribution in [3.05, 3.63) is 92.9 Å². The number of nitrogens with one attached hydrogen (secondary N) is 3. The molecule has 3 rings (SSSR count). The maximum absolute atomic E-state index is 12.6. The second-order valence-corrected chi connectivity index (χ2v) is 9.14. The average molecular weight is 499 g/mol. The number of rotatable bonds is 5. The van der Waals surface area contributed by atoms with Crippen LogP contribution in [0.2, 0.25) is 15.1 Å². The Balaban J connectivity index is 1.71. The number of amides is 2. The summed E-state index contributed by atoms with van der Waals surface area (Å²) in [5, 5.41) is 0.909. The molecule has 0 saturated carbocycles. The molecular weight excluding hydrogens is 485 g/mol. The fourth-order valence-corrected chi connectivity index (χ4v) is 4.07. The van der Waals surface area contributed by atoms with Crippen molar-refractivity contribution in [1.29, 1.82) is 0 Å². The molecule has 0 spiro atoms. The summed E-state index contributed by atoms with van der Waals surface area (Å²) in [5.74, 6) is -1.41. The quantitative estimate of drug-likeness (QED) is 0.450. The van der Waals surface area contributed by atoms with E-state index in [9.17, 15) is 18.0 Å². The van der Waals surface area contributed by atoms with Crippen molar-refractivity contribution in [1.82, 2.24) is 10.9 Å². The number of carbonyl (C=O) groups excluding carboxylic acids is 2. The second-order valence-electron chi connectivity index (χ2n) is 6.17. The van der Waals surface area contributed by atoms with Crippen LogP contribution in [0, 0.1) is 0 Å². The van der Waals surface area contributed by atoms with Gasteiger partial charge in [0.05, 0.1) is 15.5 Å². The van der Waals surface area contributed by atoms with Gasteiger partial charge < -0.3 is 0 Å². The molecule has 160 valence electrons. The van der Waals surface area contributed by atoms with E-state index in [1.807, 2.05) is 0 Å². The lowest BCUT2D eigenvalue weighted by molar-refractivity contribution is 0.0846. The van der Waals surface area contributed by atoms with Crippen LogP contribution in [0.25, 0.3) is 0 Å². The minimum absolute atomic E-state index is 0.0106. The number of benzene rings is 3. The van der Waals surface area contributed by atoms with Crippen molar-refractivity contribution in [2.45, 2.75) is 4.90 Å². The van der Waals surface area contributed by atoms with Gasteiger partial charge in [-0.15, -0.1) is 0 Å². The number of hydrogen-bond donors (Lipinski definition) is 3. The summed E-state index contributed by atoms with van der Waals surface area (Å²) in [7, 11) is -3.96. The summed E-state index contributed by atoms with van der Waals surface area (Å²) in [6.07, 6.45) is 0. The molecule has 0 unspecified atom stereocenters. The highest BCUT2D eigenvalue weighted by molar-refractivity contribution is 7.92. The molecule has 3 aromatic carbocycles. The van der Waals surface area contributed by atoms with Gasteiger partial charge in [-0.05, 0) is 60.7 Å². The largest absolute Gasteiger partial charge is 0.280 e. The first-order chi connectivity index (χ1) is 14.7. The van der Waals surface area contributed by atoms with Crippen LogP contribution in [-0.4, -0.2) is 20.2 Å². The standard InChI is InChI=1S/C20H14Cl3N3O4S/c21-13-4-7-15(8-5-13)26-31(29,30)16-3-1-2-12(10-16)19(27)24-25-20(28)17-11-14(22)6-9-18(17)23/h1-11,26H,(H,24,27)(H,25,28). The smallest absolute Gasteiger partial charge is 0.271 e. The molecule has 0 aliphatic heterocycles. The van der Waals surface area contributed by atoms with Gasteiger partial charge in [0.15, 0.2) is 0 Å². The topological polar surface area (TPSA) is 104 Å². The zero-order valence-electron chi connectivity index (χ0n) is 15.5. The highest BCUT2D eigenvalue weighted by Crippen LogP contribution is 2.21. The Morgan fingerprint density at radius 2 is 1.39 bits per heavy atom. The molecule has 7 nitrogen and oxygen atoms in total. The minimum Gasteiger partial charge on any atom is -0.280 e. The number of hydrazine groups is 1. The van der Waals surface area contributed by atoms with Gasteiger partial charge in [0, 0.05) is 21.3 Å². The number of halogens is 3. The molecule has 0 saturated heterocycles. The van der Waals surface area contributed by atoms with Gasteiger partial charge in [-0.3, -0.25) is 25.2 Å². The van der Waals surface area contributed by atoms with E-state index < -0.39 is 21.8 Å². The molecular formula is C20H14Cl3N3O4S. The Morgan fingerprint density at radius 3 is 2.10 bits per heavy atom. The molecule has 0 aliphatic rings. The molecule has 0 radical (unpaired) electrons. The van der Waals surface area contributed by atoms with Gasteiger partial charge in [0.2, 0.25) is 0 Å². The molecule has 0 fully saturated rings. The van der Waals surface area contributed by atoms with E-state index in [2.05, 4.69) is 15.6 Å². The lowest BCUT2D eigenvalue weighted by Crippen LogP contribution is -2.41. The summed E-state index contributed by atoms with van der Waals surface area (Å²) < 4.78 is 27.6. The van der Waals surface area contributed by atoms with E-state index in [1.54, 1.807) is 0 Å². The monoisotopic (exact) mass is 497 g/mol. The summed E-state index contributed by atoms with van der Waals surface area (Å²) in [6, 6.07) is 15.7. The van der Waals surface area contributed by atoms with Crippen LogP contribution in [0.1, 0.15) is 20.7 Å². The van der Waals surface area contributed by atoms with E-state index in [1.165, 1.54) is 66.7 Å². The minimum atomic E-state index is -3.96. The maximum Gasteiger partial charge on any atom is 0.271 e. The van der Waals surface area contributed by atoms with Crippen molar-refractivity contribution in [3.63, 3.8) is 0 Å². The Kier molecular flexibility index (Phi) is 7.07. The van der Waals surface area contributed by atoms with Crippen molar-refractivity contribution >= 4 is 62.3 Å². The van der Waals surface area contributed by atoms with Gasteiger partial charge in [-0.1, -0.05) is 40.9 Å². The van der Waals surface area contributed by atoms with Crippen molar-refractivity contribution in [2.24, 2.45) is 0 Å². The molecule has 3 N–H and O–H groups in total. The van der Waals surface area contributed by atoms with Crippen LogP contribution in [0.5, 0.6) is 0 Å². The van der Waals surface area contributed by atoms with Crippen molar-refractivity contribution in [2.75, 3.05) is 4.72 Å². The number of sulfonamides is 1. The average Bonchev–Trinajstić information content (AvgIpc) is 2.75. The summed E-state index contributed by atoms with van der Waals surface area (Å²) in [6.45, 7) is 0. The zero-order valence-corrected chi connectivity index (χ0v) is 18.6. The zero-order chi connectivity index (χ0) is 22.6. The van der Waals surface area contributed by atoms with Crippen molar-refractivity contribution in [3.8, 4) is 0 Å². The second kappa shape index (κ2) is 9.57. The third-order valence-corrected chi connectivity index (χ3v) is 6.16. The first-order valence-electron chi connectivity index (χ1n) is 8.60. The molecule has 0 aromatic heterocycles. The van der Waals surface area contributed by atoms with Gasteiger partial charge in [0.1, 0.15) is 0 Å². The Bertz CT molecular complexity index is 1250. The molecule has 0 bridgehead atoms. The molecule has 0 atom stereocenters. The summed E-state index contributed by atoms with van der Waals surface area (Å²) in [5.41, 5.74) is 4.81. The number of anilines is 1. The molecule has 11 heteroatoms. The highest BCUT2D eigenvalue weighted by Gasteiger charge is 2.18. The molecule has 31 heavy (non-hydrogen) atoms. The Labute approximate surface area is 193 Å². The molecule has 0 heterocycles. The third-order valence-electron chi connectivity index (χ3n) is 3.97. The summed E-state index contributed by atoms with van der Waals surface area (Å²) in [4.78, 5) is 24.5. The van der Waals surface area contributed by atoms with Crippen LogP contribution in [0.15, 0.2) is 71.6 Å². The fraction of sp³-hybridized carbons (Fsp3) is 0. The van der Waals surface area contributed by atoms with Gasteiger partial charge in [-0.2, -0.15) is 0 Å². The van der Waals surface area contributed by atoms with E-state index in [0.717, 1.165) is 0 Å². The first-order valence-corrected chi connectivity index (χ1v) is 11.2.